The molecule has 0 saturated heterocycles. The summed E-state index contributed by atoms with van der Waals surface area (Å²) in [5.74, 6) is 0. The van der Waals surface area contributed by atoms with Gasteiger partial charge in [0.1, 0.15) is 0 Å². The van der Waals surface area contributed by atoms with Gasteiger partial charge in [0.2, 0.25) is 0 Å². The van der Waals surface area contributed by atoms with E-state index in [4.69, 9.17) is 15.2 Å². The van der Waals surface area contributed by atoms with Crippen molar-refractivity contribution >= 4 is 21.6 Å². The number of anilines is 1. The van der Waals surface area contributed by atoms with Crippen molar-refractivity contribution in [2.45, 2.75) is 44.5 Å². The normalized spacial score (nSPS) is 24.1. The molecule has 1 saturated carbocycles. The molecule has 2 atom stereocenters. The fourth-order valence-corrected chi connectivity index (χ4v) is 2.89. The zero-order valence-corrected chi connectivity index (χ0v) is 12.3. The van der Waals surface area contributed by atoms with Crippen molar-refractivity contribution in [1.82, 2.24) is 0 Å². The summed E-state index contributed by atoms with van der Waals surface area (Å²) in [6.45, 7) is 0.564. The Morgan fingerprint density at radius 2 is 2.11 bits per heavy atom. The van der Waals surface area contributed by atoms with Gasteiger partial charge in [-0.15, -0.1) is 0 Å². The summed E-state index contributed by atoms with van der Waals surface area (Å²) in [6, 6.07) is 5.83. The van der Waals surface area contributed by atoms with Gasteiger partial charge in [-0.2, -0.15) is 0 Å². The lowest BCUT2D eigenvalue weighted by Crippen LogP contribution is -2.27. The van der Waals surface area contributed by atoms with Gasteiger partial charge in [-0.1, -0.05) is 22.0 Å². The molecule has 2 N–H and O–H groups in total. The maximum atomic E-state index is 5.97. The van der Waals surface area contributed by atoms with Crippen LogP contribution in [0, 0.1) is 0 Å². The monoisotopic (exact) mass is 313 g/mol. The van der Waals surface area contributed by atoms with Crippen molar-refractivity contribution in [2.75, 3.05) is 12.8 Å². The second-order valence-electron chi connectivity index (χ2n) is 4.76. The Morgan fingerprint density at radius 1 is 1.33 bits per heavy atom. The first-order valence-corrected chi connectivity index (χ1v) is 7.17. The topological polar surface area (TPSA) is 44.5 Å². The van der Waals surface area contributed by atoms with Crippen molar-refractivity contribution in [3.05, 3.63) is 28.2 Å². The van der Waals surface area contributed by atoms with Crippen molar-refractivity contribution < 1.29 is 9.47 Å². The van der Waals surface area contributed by atoms with E-state index in [0.29, 0.717) is 12.7 Å². The summed E-state index contributed by atoms with van der Waals surface area (Å²) < 4.78 is 12.4. The molecule has 1 aliphatic carbocycles. The van der Waals surface area contributed by atoms with Gasteiger partial charge < -0.3 is 15.2 Å². The third-order valence-corrected chi connectivity index (χ3v) is 4.27. The lowest BCUT2D eigenvalue weighted by molar-refractivity contribution is -0.0363. The van der Waals surface area contributed by atoms with Crippen LogP contribution in [0.3, 0.4) is 0 Å². The predicted molar refractivity (Wildman–Crippen MR) is 76.4 cm³/mol. The average molecular weight is 314 g/mol. The highest BCUT2D eigenvalue weighted by atomic mass is 79.9. The molecule has 2 rings (SSSR count). The van der Waals surface area contributed by atoms with Gasteiger partial charge >= 0.3 is 0 Å². The maximum absolute atomic E-state index is 5.97. The van der Waals surface area contributed by atoms with Crippen LogP contribution < -0.4 is 5.73 Å². The molecule has 2 unspecified atom stereocenters. The SMILES string of the molecule is COC1CCCC(OCc2c(N)cccc2Br)C1. The highest BCUT2D eigenvalue weighted by Crippen LogP contribution is 2.27. The van der Waals surface area contributed by atoms with E-state index in [1.54, 1.807) is 7.11 Å². The smallest absolute Gasteiger partial charge is 0.0751 e. The molecular weight excluding hydrogens is 294 g/mol. The first-order valence-electron chi connectivity index (χ1n) is 6.38. The third kappa shape index (κ3) is 3.46. The van der Waals surface area contributed by atoms with Crippen LogP contribution in [0.4, 0.5) is 5.69 Å². The zero-order valence-electron chi connectivity index (χ0n) is 10.7. The van der Waals surface area contributed by atoms with Crippen LogP contribution in [0.5, 0.6) is 0 Å². The van der Waals surface area contributed by atoms with E-state index < -0.39 is 0 Å². The number of nitrogen functional groups attached to an aromatic ring is 1. The molecule has 1 fully saturated rings. The van der Waals surface area contributed by atoms with E-state index >= 15 is 0 Å². The number of benzene rings is 1. The fraction of sp³-hybridized carbons (Fsp3) is 0.571. The molecule has 0 aliphatic heterocycles. The molecule has 1 aromatic carbocycles. The molecule has 0 heterocycles. The minimum atomic E-state index is 0.287. The van der Waals surface area contributed by atoms with Crippen LogP contribution in [0.1, 0.15) is 31.2 Å². The van der Waals surface area contributed by atoms with E-state index in [-0.39, 0.29) is 6.10 Å². The molecular formula is C14H20BrNO2. The van der Waals surface area contributed by atoms with Crippen LogP contribution in [-0.4, -0.2) is 19.3 Å². The highest BCUT2D eigenvalue weighted by Gasteiger charge is 2.22. The second kappa shape index (κ2) is 6.55. The van der Waals surface area contributed by atoms with Gasteiger partial charge in [0.05, 0.1) is 18.8 Å². The maximum Gasteiger partial charge on any atom is 0.0751 e. The van der Waals surface area contributed by atoms with E-state index in [0.717, 1.165) is 35.0 Å². The Morgan fingerprint density at radius 3 is 2.83 bits per heavy atom. The average Bonchev–Trinajstić information content (AvgIpc) is 2.38. The number of nitrogens with two attached hydrogens (primary N) is 1. The molecule has 0 amide bonds. The molecule has 18 heavy (non-hydrogen) atoms. The number of rotatable bonds is 4. The Balaban J connectivity index is 1.91. The zero-order chi connectivity index (χ0) is 13.0. The minimum Gasteiger partial charge on any atom is -0.398 e. The second-order valence-corrected chi connectivity index (χ2v) is 5.62. The molecule has 0 radical (unpaired) electrons. The lowest BCUT2D eigenvalue weighted by Gasteiger charge is -2.28. The van der Waals surface area contributed by atoms with Crippen LogP contribution in [0.2, 0.25) is 0 Å². The van der Waals surface area contributed by atoms with Crippen LogP contribution >= 0.6 is 15.9 Å². The van der Waals surface area contributed by atoms with Crippen LogP contribution in [0.15, 0.2) is 22.7 Å². The summed E-state index contributed by atoms with van der Waals surface area (Å²) in [7, 11) is 1.78. The summed E-state index contributed by atoms with van der Waals surface area (Å²) in [6.07, 6.45) is 5.06. The summed E-state index contributed by atoms with van der Waals surface area (Å²) >= 11 is 3.51. The summed E-state index contributed by atoms with van der Waals surface area (Å²) in [5.41, 5.74) is 7.78. The molecule has 3 nitrogen and oxygen atoms in total. The van der Waals surface area contributed by atoms with E-state index in [9.17, 15) is 0 Å². The van der Waals surface area contributed by atoms with Crippen molar-refractivity contribution in [1.29, 1.82) is 0 Å². The first-order chi connectivity index (χ1) is 8.70. The van der Waals surface area contributed by atoms with Gasteiger partial charge in [0, 0.05) is 22.8 Å². The number of halogens is 1. The van der Waals surface area contributed by atoms with Crippen LogP contribution in [0.25, 0.3) is 0 Å². The summed E-state index contributed by atoms with van der Waals surface area (Å²) in [5, 5.41) is 0. The van der Waals surface area contributed by atoms with Crippen molar-refractivity contribution in [3.8, 4) is 0 Å². The Hall–Kier alpha value is -0.580. The quantitative estimate of drug-likeness (QED) is 0.865. The Kier molecular flexibility index (Phi) is 5.03. The first kappa shape index (κ1) is 13.8. The van der Waals surface area contributed by atoms with E-state index in [2.05, 4.69) is 15.9 Å². The Bertz CT molecular complexity index is 377. The van der Waals surface area contributed by atoms with E-state index in [1.807, 2.05) is 18.2 Å². The molecule has 4 heteroatoms. The number of ether oxygens (including phenoxy) is 2. The molecule has 1 aliphatic rings. The van der Waals surface area contributed by atoms with Gasteiger partial charge in [-0.3, -0.25) is 0 Å². The number of methoxy groups -OCH3 is 1. The highest BCUT2D eigenvalue weighted by molar-refractivity contribution is 9.10. The number of hydrogen-bond acceptors (Lipinski definition) is 3. The van der Waals surface area contributed by atoms with Gasteiger partial charge in [-0.25, -0.2) is 0 Å². The van der Waals surface area contributed by atoms with Crippen molar-refractivity contribution in [3.63, 3.8) is 0 Å². The molecule has 100 valence electrons. The molecule has 0 aromatic heterocycles. The van der Waals surface area contributed by atoms with Gasteiger partial charge in [0.15, 0.2) is 0 Å². The van der Waals surface area contributed by atoms with Crippen LogP contribution in [-0.2, 0) is 16.1 Å². The lowest BCUT2D eigenvalue weighted by atomic mass is 9.95. The largest absolute Gasteiger partial charge is 0.398 e. The molecule has 1 aromatic rings. The molecule has 0 bridgehead atoms. The summed E-state index contributed by atoms with van der Waals surface area (Å²) in [4.78, 5) is 0. The van der Waals surface area contributed by atoms with Crippen molar-refractivity contribution in [2.24, 2.45) is 0 Å². The Labute approximate surface area is 117 Å². The van der Waals surface area contributed by atoms with E-state index in [1.165, 1.54) is 6.42 Å². The third-order valence-electron chi connectivity index (χ3n) is 3.53. The standard InChI is InChI=1S/C14H20BrNO2/c1-17-10-4-2-5-11(8-10)18-9-12-13(15)6-3-7-14(12)16/h3,6-7,10-11H,2,4-5,8-9,16H2,1H3. The number of hydrogen-bond donors (Lipinski definition) is 1. The van der Waals surface area contributed by atoms with Gasteiger partial charge in [0.25, 0.3) is 0 Å². The predicted octanol–water partition coefficient (Wildman–Crippen LogP) is 3.51. The minimum absolute atomic E-state index is 0.287. The molecule has 0 spiro atoms. The fourth-order valence-electron chi connectivity index (χ4n) is 2.40. The van der Waals surface area contributed by atoms with Gasteiger partial charge in [-0.05, 0) is 37.8 Å².